The Morgan fingerprint density at radius 2 is 1.88 bits per heavy atom. The molecule has 25 heavy (non-hydrogen) atoms. The van der Waals surface area contributed by atoms with Crippen LogP contribution in [-0.2, 0) is 0 Å². The van der Waals surface area contributed by atoms with Crippen LogP contribution >= 0.6 is 0 Å². The van der Waals surface area contributed by atoms with Crippen molar-refractivity contribution in [1.82, 2.24) is 15.3 Å². The molecule has 2 heterocycles. The van der Waals surface area contributed by atoms with Crippen LogP contribution in [0.2, 0.25) is 0 Å². The molecule has 0 bridgehead atoms. The Bertz CT molecular complexity index is 723. The molecule has 1 aromatic heterocycles. The fourth-order valence-electron chi connectivity index (χ4n) is 2.93. The van der Waals surface area contributed by atoms with Crippen molar-refractivity contribution in [3.63, 3.8) is 0 Å². The van der Waals surface area contributed by atoms with E-state index in [9.17, 15) is 4.79 Å². The third kappa shape index (κ3) is 4.47. The summed E-state index contributed by atoms with van der Waals surface area (Å²) >= 11 is 0. The topological polar surface area (TPSA) is 70.2 Å². The molecule has 0 spiro atoms. The summed E-state index contributed by atoms with van der Waals surface area (Å²) in [6.45, 7) is 6.78. The zero-order valence-electron chi connectivity index (χ0n) is 14.9. The first-order valence-electron chi connectivity index (χ1n) is 8.91. The SMILES string of the molecule is CCCNC(=O)c1cc(C)nc(Nc2ccc(N3CCCC3)cc2)n1. The molecule has 1 amide bonds. The first-order chi connectivity index (χ1) is 12.2. The quantitative estimate of drug-likeness (QED) is 0.845. The van der Waals surface area contributed by atoms with Gasteiger partial charge in [-0.15, -0.1) is 0 Å². The highest BCUT2D eigenvalue weighted by molar-refractivity contribution is 5.92. The number of benzene rings is 1. The lowest BCUT2D eigenvalue weighted by molar-refractivity contribution is 0.0948. The van der Waals surface area contributed by atoms with Gasteiger partial charge in [-0.3, -0.25) is 4.79 Å². The van der Waals surface area contributed by atoms with Crippen LogP contribution < -0.4 is 15.5 Å². The molecule has 3 rings (SSSR count). The second kappa shape index (κ2) is 7.96. The maximum absolute atomic E-state index is 12.1. The lowest BCUT2D eigenvalue weighted by Crippen LogP contribution is -2.25. The largest absolute Gasteiger partial charge is 0.372 e. The summed E-state index contributed by atoms with van der Waals surface area (Å²) in [7, 11) is 0. The van der Waals surface area contributed by atoms with Gasteiger partial charge in [0.2, 0.25) is 5.95 Å². The lowest BCUT2D eigenvalue weighted by Gasteiger charge is -2.17. The van der Waals surface area contributed by atoms with E-state index >= 15 is 0 Å². The molecular formula is C19H25N5O. The van der Waals surface area contributed by atoms with Crippen LogP contribution in [0.4, 0.5) is 17.3 Å². The smallest absolute Gasteiger partial charge is 0.270 e. The molecule has 6 nitrogen and oxygen atoms in total. The van der Waals surface area contributed by atoms with Gasteiger partial charge >= 0.3 is 0 Å². The summed E-state index contributed by atoms with van der Waals surface area (Å²) in [5, 5.41) is 6.04. The molecule has 1 aliphatic heterocycles. The fraction of sp³-hybridized carbons (Fsp3) is 0.421. The number of nitrogens with one attached hydrogen (secondary N) is 2. The number of hydrogen-bond donors (Lipinski definition) is 2. The second-order valence-corrected chi connectivity index (χ2v) is 6.34. The van der Waals surface area contributed by atoms with Crippen molar-refractivity contribution in [1.29, 1.82) is 0 Å². The summed E-state index contributed by atoms with van der Waals surface area (Å²) in [4.78, 5) is 23.2. The molecule has 0 saturated carbocycles. The fourth-order valence-corrected chi connectivity index (χ4v) is 2.93. The Morgan fingerprint density at radius 1 is 1.16 bits per heavy atom. The Hall–Kier alpha value is -2.63. The second-order valence-electron chi connectivity index (χ2n) is 6.34. The molecule has 2 aromatic rings. The highest BCUT2D eigenvalue weighted by Crippen LogP contribution is 2.23. The van der Waals surface area contributed by atoms with Gasteiger partial charge in [-0.25, -0.2) is 9.97 Å². The van der Waals surface area contributed by atoms with Crippen molar-refractivity contribution >= 4 is 23.2 Å². The molecule has 1 aromatic carbocycles. The van der Waals surface area contributed by atoms with Crippen LogP contribution in [0.25, 0.3) is 0 Å². The number of aryl methyl sites for hydroxylation is 1. The third-order valence-electron chi connectivity index (χ3n) is 4.22. The third-order valence-corrected chi connectivity index (χ3v) is 4.22. The van der Waals surface area contributed by atoms with Gasteiger partial charge in [-0.05, 0) is 56.5 Å². The van der Waals surface area contributed by atoms with E-state index in [1.54, 1.807) is 6.07 Å². The van der Waals surface area contributed by atoms with Crippen molar-refractivity contribution in [3.8, 4) is 0 Å². The number of amides is 1. The minimum atomic E-state index is -0.167. The number of hydrogen-bond acceptors (Lipinski definition) is 5. The van der Waals surface area contributed by atoms with E-state index in [4.69, 9.17) is 0 Å². The summed E-state index contributed by atoms with van der Waals surface area (Å²) < 4.78 is 0. The molecule has 1 saturated heterocycles. The van der Waals surface area contributed by atoms with Gasteiger partial charge in [-0.1, -0.05) is 6.92 Å². The molecule has 0 radical (unpaired) electrons. The van der Waals surface area contributed by atoms with Crippen molar-refractivity contribution in [3.05, 3.63) is 41.7 Å². The summed E-state index contributed by atoms with van der Waals surface area (Å²) in [6.07, 6.45) is 3.42. The lowest BCUT2D eigenvalue weighted by atomic mass is 10.2. The van der Waals surface area contributed by atoms with Gasteiger partial charge in [-0.2, -0.15) is 0 Å². The maximum Gasteiger partial charge on any atom is 0.270 e. The molecule has 132 valence electrons. The highest BCUT2D eigenvalue weighted by Gasteiger charge is 2.13. The van der Waals surface area contributed by atoms with Crippen molar-refractivity contribution in [2.24, 2.45) is 0 Å². The van der Waals surface area contributed by atoms with Gasteiger partial charge in [0.05, 0.1) is 0 Å². The summed E-state index contributed by atoms with van der Waals surface area (Å²) in [5.41, 5.74) is 3.30. The molecular weight excluding hydrogens is 314 g/mol. The van der Waals surface area contributed by atoms with Gasteiger partial charge < -0.3 is 15.5 Å². The first kappa shape index (κ1) is 17.2. The van der Waals surface area contributed by atoms with Crippen LogP contribution in [0.15, 0.2) is 30.3 Å². The zero-order chi connectivity index (χ0) is 17.6. The Morgan fingerprint density at radius 3 is 2.56 bits per heavy atom. The van der Waals surface area contributed by atoms with Crippen LogP contribution in [0.5, 0.6) is 0 Å². The molecule has 0 atom stereocenters. The molecule has 0 aliphatic carbocycles. The molecule has 0 unspecified atom stereocenters. The Balaban J connectivity index is 1.71. The van der Waals surface area contributed by atoms with E-state index in [-0.39, 0.29) is 5.91 Å². The predicted octanol–water partition coefficient (Wildman–Crippen LogP) is 3.27. The maximum atomic E-state index is 12.1. The van der Waals surface area contributed by atoms with Crippen LogP contribution in [-0.4, -0.2) is 35.5 Å². The monoisotopic (exact) mass is 339 g/mol. The number of carbonyl (C=O) groups is 1. The minimum absolute atomic E-state index is 0.167. The molecule has 6 heteroatoms. The number of aromatic nitrogens is 2. The number of rotatable bonds is 6. The molecule has 1 fully saturated rings. The Labute approximate surface area is 148 Å². The first-order valence-corrected chi connectivity index (χ1v) is 8.91. The summed E-state index contributed by atoms with van der Waals surface area (Å²) in [5.74, 6) is 0.273. The number of carbonyl (C=O) groups excluding carboxylic acids is 1. The van der Waals surface area contributed by atoms with E-state index < -0.39 is 0 Å². The standard InChI is InChI=1S/C19H25N5O/c1-3-10-20-18(25)17-13-14(2)21-19(23-17)22-15-6-8-16(9-7-15)24-11-4-5-12-24/h6-9,13H,3-5,10-12H2,1-2H3,(H,20,25)(H,21,22,23). The van der Waals surface area contributed by atoms with E-state index in [2.05, 4.69) is 37.6 Å². The average molecular weight is 339 g/mol. The predicted molar refractivity (Wildman–Crippen MR) is 101 cm³/mol. The zero-order valence-corrected chi connectivity index (χ0v) is 14.9. The molecule has 2 N–H and O–H groups in total. The number of anilines is 3. The van der Waals surface area contributed by atoms with E-state index in [1.165, 1.54) is 18.5 Å². The van der Waals surface area contributed by atoms with Crippen LogP contribution in [0.3, 0.4) is 0 Å². The van der Waals surface area contributed by atoms with Crippen LogP contribution in [0.1, 0.15) is 42.4 Å². The van der Waals surface area contributed by atoms with Crippen LogP contribution in [0, 0.1) is 6.92 Å². The summed E-state index contributed by atoms with van der Waals surface area (Å²) in [6, 6.07) is 9.97. The van der Waals surface area contributed by atoms with Gasteiger partial charge in [0, 0.05) is 36.7 Å². The van der Waals surface area contributed by atoms with E-state index in [1.807, 2.05) is 26.0 Å². The van der Waals surface area contributed by atoms with Gasteiger partial charge in [0.15, 0.2) is 0 Å². The Kier molecular flexibility index (Phi) is 5.48. The van der Waals surface area contributed by atoms with E-state index in [0.717, 1.165) is 30.9 Å². The molecule has 1 aliphatic rings. The normalized spacial score (nSPS) is 13.8. The van der Waals surface area contributed by atoms with Crippen molar-refractivity contribution in [2.45, 2.75) is 33.1 Å². The minimum Gasteiger partial charge on any atom is -0.372 e. The highest BCUT2D eigenvalue weighted by atomic mass is 16.1. The van der Waals surface area contributed by atoms with Gasteiger partial charge in [0.1, 0.15) is 5.69 Å². The average Bonchev–Trinajstić information content (AvgIpc) is 3.14. The van der Waals surface area contributed by atoms with Crippen molar-refractivity contribution < 1.29 is 4.79 Å². The van der Waals surface area contributed by atoms with E-state index in [0.29, 0.717) is 18.2 Å². The van der Waals surface area contributed by atoms with Crippen molar-refractivity contribution in [2.75, 3.05) is 29.9 Å². The van der Waals surface area contributed by atoms with Gasteiger partial charge in [0.25, 0.3) is 5.91 Å². The number of nitrogens with zero attached hydrogens (tertiary/aromatic N) is 3.